The summed E-state index contributed by atoms with van der Waals surface area (Å²) in [6.45, 7) is 5.37. The fourth-order valence-electron chi connectivity index (χ4n) is 5.43. The van der Waals surface area contributed by atoms with Crippen molar-refractivity contribution in [1.82, 2.24) is 9.80 Å². The maximum atomic E-state index is 13.7. The van der Waals surface area contributed by atoms with Crippen molar-refractivity contribution in [2.75, 3.05) is 68.5 Å². The van der Waals surface area contributed by atoms with Crippen LogP contribution in [0, 0.1) is 10.1 Å². The van der Waals surface area contributed by atoms with Crippen molar-refractivity contribution in [3.8, 4) is 0 Å². The van der Waals surface area contributed by atoms with Crippen molar-refractivity contribution in [2.45, 2.75) is 6.92 Å². The molecule has 0 unspecified atom stereocenters. The number of nitro groups is 1. The van der Waals surface area contributed by atoms with E-state index in [-0.39, 0.29) is 40.0 Å². The number of benzene rings is 3. The quantitative estimate of drug-likeness (QED) is 0.225. The molecule has 1 N–H and O–H groups in total. The highest BCUT2D eigenvalue weighted by Gasteiger charge is 2.39. The maximum Gasteiger partial charge on any atom is 0.288 e. The fourth-order valence-corrected chi connectivity index (χ4v) is 5.66. The number of carbonyl (C=O) groups excluding carboxylic acids is 3. The molecular formula is C32H33ClN6O5. The Hall–Kier alpha value is -4.58. The van der Waals surface area contributed by atoms with E-state index in [0.717, 1.165) is 42.5 Å². The Morgan fingerprint density at radius 1 is 1.02 bits per heavy atom. The SMILES string of the molecule is CC(=O)N1C(=O)/C(=C(\CNc2ccc(N(C)C(=O)CN3CCN(C)CC3)cc2)c2ccccc2)c2cc([N+](=O)[O-])c(Cl)cc21. The van der Waals surface area contributed by atoms with Gasteiger partial charge in [0.1, 0.15) is 5.02 Å². The number of amides is 3. The summed E-state index contributed by atoms with van der Waals surface area (Å²) < 4.78 is 0. The lowest BCUT2D eigenvalue weighted by Crippen LogP contribution is -2.48. The Balaban J connectivity index is 1.42. The van der Waals surface area contributed by atoms with E-state index in [2.05, 4.69) is 22.2 Å². The van der Waals surface area contributed by atoms with E-state index < -0.39 is 16.7 Å². The lowest BCUT2D eigenvalue weighted by molar-refractivity contribution is -0.384. The van der Waals surface area contributed by atoms with Crippen LogP contribution < -0.4 is 15.1 Å². The van der Waals surface area contributed by atoms with E-state index in [0.29, 0.717) is 17.7 Å². The van der Waals surface area contributed by atoms with Gasteiger partial charge in [-0.2, -0.15) is 0 Å². The standard InChI is InChI=1S/C32H33ClN6O5/c1-21(40)38-28-18-27(33)29(39(43)44)17-25(28)31(32(38)42)26(22-7-5-4-6-8-22)19-34-23-9-11-24(12-10-23)36(3)30(41)20-37-15-13-35(2)14-16-37/h4-12,17-18,34H,13-16,19-20H2,1-3H3/b31-26+. The van der Waals surface area contributed by atoms with E-state index in [1.54, 1.807) is 11.9 Å². The minimum Gasteiger partial charge on any atom is -0.381 e. The van der Waals surface area contributed by atoms with Crippen LogP contribution in [0.25, 0.3) is 11.1 Å². The zero-order chi connectivity index (χ0) is 31.5. The Morgan fingerprint density at radius 3 is 2.30 bits per heavy atom. The van der Waals surface area contributed by atoms with E-state index in [1.165, 1.54) is 19.1 Å². The van der Waals surface area contributed by atoms with Gasteiger partial charge in [0.2, 0.25) is 11.8 Å². The van der Waals surface area contributed by atoms with Crippen LogP contribution in [-0.2, 0) is 14.4 Å². The van der Waals surface area contributed by atoms with Crippen LogP contribution in [0.1, 0.15) is 18.1 Å². The number of fused-ring (bicyclic) bond motifs is 1. The molecule has 0 aromatic heterocycles. The zero-order valence-corrected chi connectivity index (χ0v) is 25.5. The van der Waals surface area contributed by atoms with E-state index in [9.17, 15) is 24.5 Å². The number of carbonyl (C=O) groups is 3. The van der Waals surface area contributed by atoms with Gasteiger partial charge in [-0.3, -0.25) is 29.4 Å². The van der Waals surface area contributed by atoms with Gasteiger partial charge in [-0.05, 0) is 48.5 Å². The summed E-state index contributed by atoms with van der Waals surface area (Å²) >= 11 is 6.17. The summed E-state index contributed by atoms with van der Waals surface area (Å²) in [5.74, 6) is -1.10. The smallest absolute Gasteiger partial charge is 0.288 e. The number of hydrogen-bond acceptors (Lipinski definition) is 8. The van der Waals surface area contributed by atoms with E-state index >= 15 is 0 Å². The Morgan fingerprint density at radius 2 is 1.68 bits per heavy atom. The molecule has 3 aromatic carbocycles. The highest BCUT2D eigenvalue weighted by Crippen LogP contribution is 2.45. The third kappa shape index (κ3) is 6.35. The lowest BCUT2D eigenvalue weighted by atomic mass is 9.95. The molecule has 1 saturated heterocycles. The number of piperazine rings is 1. The predicted molar refractivity (Wildman–Crippen MR) is 172 cm³/mol. The van der Waals surface area contributed by atoms with Gasteiger partial charge in [0, 0.05) is 69.7 Å². The molecule has 11 nitrogen and oxygen atoms in total. The molecule has 0 bridgehead atoms. The van der Waals surface area contributed by atoms with Crippen molar-refractivity contribution < 1.29 is 19.3 Å². The Labute approximate surface area is 260 Å². The third-order valence-corrected chi connectivity index (χ3v) is 8.28. The number of nitrogens with one attached hydrogen (secondary N) is 1. The second-order valence-electron chi connectivity index (χ2n) is 10.9. The van der Waals surface area contributed by atoms with Gasteiger partial charge in [-0.25, -0.2) is 4.90 Å². The molecule has 0 atom stereocenters. The summed E-state index contributed by atoms with van der Waals surface area (Å²) in [6.07, 6.45) is 0. The molecule has 0 radical (unpaired) electrons. The number of rotatable bonds is 8. The molecule has 5 rings (SSSR count). The number of imide groups is 1. The highest BCUT2D eigenvalue weighted by atomic mass is 35.5. The van der Waals surface area contributed by atoms with Crippen molar-refractivity contribution >= 4 is 63.2 Å². The van der Waals surface area contributed by atoms with Crippen LogP contribution in [0.2, 0.25) is 5.02 Å². The fraction of sp³-hybridized carbons (Fsp3) is 0.281. The monoisotopic (exact) mass is 616 g/mol. The first-order chi connectivity index (χ1) is 21.0. The number of nitro benzene ring substituents is 1. The number of likely N-dealkylation sites (N-methyl/N-ethyl adjacent to an activating group) is 2. The zero-order valence-electron chi connectivity index (χ0n) is 24.7. The first-order valence-electron chi connectivity index (χ1n) is 14.2. The second-order valence-corrected chi connectivity index (χ2v) is 11.3. The van der Waals surface area contributed by atoms with Crippen molar-refractivity contribution in [1.29, 1.82) is 0 Å². The number of hydrogen-bond donors (Lipinski definition) is 1. The first kappa shape index (κ1) is 30.9. The Bertz CT molecular complexity index is 1630. The Kier molecular flexibility index (Phi) is 9.09. The molecule has 2 aliphatic rings. The number of anilines is 3. The van der Waals surface area contributed by atoms with Crippen LogP contribution in [-0.4, -0.2) is 85.8 Å². The van der Waals surface area contributed by atoms with Crippen molar-refractivity contribution in [3.05, 3.63) is 93.0 Å². The number of halogens is 1. The predicted octanol–water partition coefficient (Wildman–Crippen LogP) is 4.37. The third-order valence-electron chi connectivity index (χ3n) is 7.98. The summed E-state index contributed by atoms with van der Waals surface area (Å²) in [5.41, 5.74) is 3.04. The molecule has 2 heterocycles. The molecular weight excluding hydrogens is 584 g/mol. The summed E-state index contributed by atoms with van der Waals surface area (Å²) in [4.78, 5) is 57.3. The molecule has 3 amide bonds. The summed E-state index contributed by atoms with van der Waals surface area (Å²) in [6, 6.07) is 19.1. The molecule has 2 aliphatic heterocycles. The van der Waals surface area contributed by atoms with Crippen LogP contribution in [0.15, 0.2) is 66.7 Å². The summed E-state index contributed by atoms with van der Waals surface area (Å²) in [7, 11) is 3.83. The van der Waals surface area contributed by atoms with Gasteiger partial charge in [-0.1, -0.05) is 41.9 Å². The molecule has 0 saturated carbocycles. The van der Waals surface area contributed by atoms with Gasteiger partial charge in [0.05, 0.1) is 22.7 Å². The van der Waals surface area contributed by atoms with Crippen LogP contribution in [0.4, 0.5) is 22.7 Å². The maximum absolute atomic E-state index is 13.7. The second kappa shape index (κ2) is 13.0. The lowest BCUT2D eigenvalue weighted by Gasteiger charge is -2.32. The molecule has 1 fully saturated rings. The molecule has 0 aliphatic carbocycles. The average molecular weight is 617 g/mol. The normalized spacial score (nSPS) is 16.5. The summed E-state index contributed by atoms with van der Waals surface area (Å²) in [5, 5.41) is 14.9. The molecule has 3 aromatic rings. The molecule has 228 valence electrons. The largest absolute Gasteiger partial charge is 0.381 e. The molecule has 12 heteroatoms. The first-order valence-corrected chi connectivity index (χ1v) is 14.6. The van der Waals surface area contributed by atoms with Gasteiger partial charge in [0.25, 0.3) is 11.6 Å². The van der Waals surface area contributed by atoms with Crippen LogP contribution in [0.5, 0.6) is 0 Å². The molecule has 0 spiro atoms. The van der Waals surface area contributed by atoms with E-state index in [4.69, 9.17) is 11.6 Å². The van der Waals surface area contributed by atoms with E-state index in [1.807, 2.05) is 54.6 Å². The van der Waals surface area contributed by atoms with Gasteiger partial charge < -0.3 is 15.1 Å². The highest BCUT2D eigenvalue weighted by molar-refractivity contribution is 6.44. The van der Waals surface area contributed by atoms with Crippen LogP contribution >= 0.6 is 11.6 Å². The number of nitrogens with zero attached hydrogens (tertiary/aromatic N) is 5. The topological polar surface area (TPSA) is 119 Å². The van der Waals surface area contributed by atoms with Crippen molar-refractivity contribution in [3.63, 3.8) is 0 Å². The van der Waals surface area contributed by atoms with Gasteiger partial charge >= 0.3 is 0 Å². The average Bonchev–Trinajstić information content (AvgIpc) is 3.28. The molecule has 44 heavy (non-hydrogen) atoms. The minimum absolute atomic E-state index is 0.00833. The van der Waals surface area contributed by atoms with Gasteiger partial charge in [0.15, 0.2) is 0 Å². The van der Waals surface area contributed by atoms with Crippen LogP contribution in [0.3, 0.4) is 0 Å². The van der Waals surface area contributed by atoms with Gasteiger partial charge in [-0.15, -0.1) is 0 Å². The van der Waals surface area contributed by atoms with Crippen molar-refractivity contribution in [2.24, 2.45) is 0 Å². The minimum atomic E-state index is -0.615.